The highest BCUT2D eigenvalue weighted by molar-refractivity contribution is 9.10. The molecule has 2 aromatic carbocycles. The molecule has 0 saturated heterocycles. The lowest BCUT2D eigenvalue weighted by molar-refractivity contribution is -0.143. The highest BCUT2D eigenvalue weighted by Gasteiger charge is 2.21. The van der Waals surface area contributed by atoms with Crippen LogP contribution in [0, 0.1) is 0 Å². The average Bonchev–Trinajstić information content (AvgIpc) is 2.71. The molecule has 0 saturated carbocycles. The first-order valence-corrected chi connectivity index (χ1v) is 9.78. The molecule has 6 nitrogen and oxygen atoms in total. The number of rotatable bonds is 8. The molecule has 0 bridgehead atoms. The maximum atomic E-state index is 11.9. The van der Waals surface area contributed by atoms with Gasteiger partial charge in [0.2, 0.25) is 0 Å². The molecule has 8 heteroatoms. The Hall–Kier alpha value is -2.51. The first kappa shape index (κ1) is 22.8. The summed E-state index contributed by atoms with van der Waals surface area (Å²) in [7, 11) is 2.38. The molecule has 2 aromatic rings. The summed E-state index contributed by atoms with van der Waals surface area (Å²) in [4.78, 5) is 23.8. The molecule has 0 aliphatic carbocycles. The van der Waals surface area contributed by atoms with Gasteiger partial charge in [0.15, 0.2) is 11.5 Å². The molecule has 0 radical (unpaired) electrons. The third kappa shape index (κ3) is 6.24. The SMILES string of the molecule is CCOc1cc(C=C(C(=O)OC)C(=O)OC)cc(Br)c1OCc1ccc(Cl)cc1. The maximum Gasteiger partial charge on any atom is 0.345 e. The van der Waals surface area contributed by atoms with Gasteiger partial charge in [0.1, 0.15) is 12.2 Å². The van der Waals surface area contributed by atoms with Gasteiger partial charge in [-0.3, -0.25) is 0 Å². The van der Waals surface area contributed by atoms with Gasteiger partial charge in [0.25, 0.3) is 0 Å². The van der Waals surface area contributed by atoms with Crippen LogP contribution in [0.5, 0.6) is 11.5 Å². The summed E-state index contributed by atoms with van der Waals surface area (Å²) in [5, 5.41) is 0.646. The lowest BCUT2D eigenvalue weighted by Crippen LogP contribution is -2.15. The molecular weight excluding hydrogens is 464 g/mol. The van der Waals surface area contributed by atoms with Crippen LogP contribution in [-0.2, 0) is 25.7 Å². The standard InChI is InChI=1S/C21H20BrClO6/c1-4-28-18-11-14(9-16(20(24)26-2)21(25)27-3)10-17(22)19(18)29-12-13-5-7-15(23)8-6-13/h5-11H,4,12H2,1-3H3. The summed E-state index contributed by atoms with van der Waals surface area (Å²) >= 11 is 9.37. The van der Waals surface area contributed by atoms with E-state index in [-0.39, 0.29) is 5.57 Å². The van der Waals surface area contributed by atoms with E-state index in [0.717, 1.165) is 5.56 Å². The molecule has 0 heterocycles. The van der Waals surface area contributed by atoms with Gasteiger partial charge in [0.05, 0.1) is 25.3 Å². The minimum absolute atomic E-state index is 0.237. The Morgan fingerprint density at radius 1 is 1.03 bits per heavy atom. The fraction of sp³-hybridized carbons (Fsp3) is 0.238. The van der Waals surface area contributed by atoms with Crippen LogP contribution < -0.4 is 9.47 Å². The van der Waals surface area contributed by atoms with Crippen molar-refractivity contribution in [2.24, 2.45) is 0 Å². The van der Waals surface area contributed by atoms with Crippen molar-refractivity contribution in [2.45, 2.75) is 13.5 Å². The minimum atomic E-state index is -0.797. The predicted octanol–water partition coefficient (Wildman–Crippen LogP) is 4.81. The van der Waals surface area contributed by atoms with Gasteiger partial charge in [-0.15, -0.1) is 0 Å². The van der Waals surface area contributed by atoms with Gasteiger partial charge in [-0.2, -0.15) is 0 Å². The number of ether oxygens (including phenoxy) is 4. The molecule has 0 fully saturated rings. The second-order valence-electron chi connectivity index (χ2n) is 5.72. The van der Waals surface area contributed by atoms with Crippen LogP contribution in [0.2, 0.25) is 5.02 Å². The van der Waals surface area contributed by atoms with E-state index < -0.39 is 11.9 Å². The van der Waals surface area contributed by atoms with Crippen LogP contribution in [0.4, 0.5) is 0 Å². The third-order valence-corrected chi connectivity index (χ3v) is 4.59. The van der Waals surface area contributed by atoms with Crippen LogP contribution in [0.1, 0.15) is 18.1 Å². The summed E-state index contributed by atoms with van der Waals surface area (Å²) in [6, 6.07) is 10.7. The zero-order valence-electron chi connectivity index (χ0n) is 16.2. The van der Waals surface area contributed by atoms with Crippen LogP contribution in [-0.4, -0.2) is 32.8 Å². The minimum Gasteiger partial charge on any atom is -0.490 e. The number of hydrogen-bond acceptors (Lipinski definition) is 6. The van der Waals surface area contributed by atoms with Gasteiger partial charge in [-0.05, 0) is 64.3 Å². The van der Waals surface area contributed by atoms with Crippen LogP contribution in [0.15, 0.2) is 46.4 Å². The van der Waals surface area contributed by atoms with E-state index in [1.807, 2.05) is 19.1 Å². The smallest absolute Gasteiger partial charge is 0.345 e. The second-order valence-corrected chi connectivity index (χ2v) is 7.01. The third-order valence-electron chi connectivity index (χ3n) is 3.75. The van der Waals surface area contributed by atoms with Crippen molar-refractivity contribution >= 4 is 45.5 Å². The van der Waals surface area contributed by atoms with Crippen molar-refractivity contribution in [1.29, 1.82) is 0 Å². The van der Waals surface area contributed by atoms with Crippen LogP contribution >= 0.6 is 27.5 Å². The number of hydrogen-bond donors (Lipinski definition) is 0. The van der Waals surface area contributed by atoms with E-state index in [9.17, 15) is 9.59 Å². The number of carbonyl (C=O) groups excluding carboxylic acids is 2. The van der Waals surface area contributed by atoms with Crippen molar-refractivity contribution in [3.05, 3.63) is 62.6 Å². The predicted molar refractivity (Wildman–Crippen MR) is 113 cm³/mol. The lowest BCUT2D eigenvalue weighted by Gasteiger charge is -2.15. The van der Waals surface area contributed by atoms with Crippen LogP contribution in [0.3, 0.4) is 0 Å². The quantitative estimate of drug-likeness (QED) is 0.232. The Balaban J connectivity index is 2.37. The molecule has 0 unspecified atom stereocenters. The number of halogens is 2. The van der Waals surface area contributed by atoms with Crippen molar-refractivity contribution in [1.82, 2.24) is 0 Å². The molecule has 154 valence electrons. The molecule has 29 heavy (non-hydrogen) atoms. The average molecular weight is 484 g/mol. The molecule has 0 N–H and O–H groups in total. The second kappa shape index (κ2) is 10.9. The summed E-state index contributed by atoms with van der Waals surface area (Å²) in [5.41, 5.74) is 1.23. The molecular formula is C21H20BrClO6. The number of carbonyl (C=O) groups is 2. The Bertz CT molecular complexity index is 890. The van der Waals surface area contributed by atoms with E-state index in [0.29, 0.717) is 39.8 Å². The largest absolute Gasteiger partial charge is 0.490 e. The molecule has 2 rings (SSSR count). The first-order chi connectivity index (χ1) is 13.9. The van der Waals surface area contributed by atoms with E-state index in [1.54, 1.807) is 24.3 Å². The summed E-state index contributed by atoms with van der Waals surface area (Å²) < 4.78 is 21.5. The van der Waals surface area contributed by atoms with Crippen molar-refractivity contribution in [3.63, 3.8) is 0 Å². The Kier molecular flexibility index (Phi) is 8.54. The molecule has 0 amide bonds. The molecule has 0 atom stereocenters. The Labute approximate surface area is 182 Å². The highest BCUT2D eigenvalue weighted by atomic mass is 79.9. The van der Waals surface area contributed by atoms with Crippen LogP contribution in [0.25, 0.3) is 6.08 Å². The molecule has 0 aromatic heterocycles. The highest BCUT2D eigenvalue weighted by Crippen LogP contribution is 2.38. The van der Waals surface area contributed by atoms with Crippen molar-refractivity contribution in [3.8, 4) is 11.5 Å². The lowest BCUT2D eigenvalue weighted by atomic mass is 10.1. The zero-order chi connectivity index (χ0) is 21.4. The topological polar surface area (TPSA) is 71.1 Å². The van der Waals surface area contributed by atoms with E-state index in [2.05, 4.69) is 25.4 Å². The van der Waals surface area contributed by atoms with Gasteiger partial charge < -0.3 is 18.9 Å². The number of benzene rings is 2. The molecule has 0 aliphatic rings. The van der Waals surface area contributed by atoms with Gasteiger partial charge in [-0.1, -0.05) is 23.7 Å². The first-order valence-electron chi connectivity index (χ1n) is 8.61. The maximum absolute atomic E-state index is 11.9. The zero-order valence-corrected chi connectivity index (χ0v) is 18.5. The van der Waals surface area contributed by atoms with Crippen molar-refractivity contribution < 1.29 is 28.5 Å². The normalized spacial score (nSPS) is 10.1. The summed E-state index contributed by atoms with van der Waals surface area (Å²) in [6.07, 6.45) is 1.37. The Morgan fingerprint density at radius 2 is 1.66 bits per heavy atom. The van der Waals surface area contributed by atoms with E-state index >= 15 is 0 Å². The van der Waals surface area contributed by atoms with E-state index in [1.165, 1.54) is 20.3 Å². The Morgan fingerprint density at radius 3 is 2.21 bits per heavy atom. The molecule has 0 aliphatic heterocycles. The number of esters is 2. The van der Waals surface area contributed by atoms with Gasteiger partial charge in [-0.25, -0.2) is 9.59 Å². The number of methoxy groups -OCH3 is 2. The molecule has 0 spiro atoms. The van der Waals surface area contributed by atoms with Gasteiger partial charge >= 0.3 is 11.9 Å². The fourth-order valence-electron chi connectivity index (χ4n) is 2.40. The summed E-state index contributed by atoms with van der Waals surface area (Å²) in [6.45, 7) is 2.55. The van der Waals surface area contributed by atoms with Crippen molar-refractivity contribution in [2.75, 3.05) is 20.8 Å². The van der Waals surface area contributed by atoms with Gasteiger partial charge in [0, 0.05) is 5.02 Å². The summed E-state index contributed by atoms with van der Waals surface area (Å²) in [5.74, 6) is -0.643. The monoisotopic (exact) mass is 482 g/mol. The fourth-order valence-corrected chi connectivity index (χ4v) is 3.10. The van der Waals surface area contributed by atoms with E-state index in [4.69, 9.17) is 21.1 Å².